The molecule has 2 aliphatic rings. The minimum absolute atomic E-state index is 0.00599. The van der Waals surface area contributed by atoms with Gasteiger partial charge in [-0.05, 0) is 80.3 Å². The van der Waals surface area contributed by atoms with Crippen LogP contribution in [0.2, 0.25) is 0 Å². The highest BCUT2D eigenvalue weighted by Crippen LogP contribution is 2.41. The van der Waals surface area contributed by atoms with Crippen LogP contribution in [0, 0.1) is 17.2 Å². The third kappa shape index (κ3) is 5.35. The third-order valence-electron chi connectivity index (χ3n) is 7.53. The van der Waals surface area contributed by atoms with Gasteiger partial charge in [0.05, 0.1) is 22.6 Å². The standard InChI is InChI=1S/C30H34N4O2S/c1-4-20-12-14-34(15-13-20)30(35)33-26-10-9-23-24(26)6-5-7-25(23)28-18-32-29(37-28)21-8-11-27(36-19(2)3)22(16-21)17-31/h5-8,11,16,18-20,26H,4,9-10,12-15H2,1-3H3,(H,33,35)/t26-/m1/s1. The number of piperidine rings is 1. The van der Waals surface area contributed by atoms with Crippen LogP contribution in [-0.4, -0.2) is 35.1 Å². The van der Waals surface area contributed by atoms with Crippen molar-refractivity contribution >= 4 is 17.4 Å². The Morgan fingerprint density at radius 1 is 1.24 bits per heavy atom. The molecule has 1 aromatic heterocycles. The largest absolute Gasteiger partial charge is 0.490 e. The molecule has 1 aliphatic carbocycles. The molecule has 0 radical (unpaired) electrons. The van der Waals surface area contributed by atoms with E-state index in [0.717, 1.165) is 60.1 Å². The average Bonchev–Trinajstić information content (AvgIpc) is 3.56. The molecule has 3 aromatic rings. The number of ether oxygens (including phenoxy) is 1. The number of hydrogen-bond acceptors (Lipinski definition) is 5. The summed E-state index contributed by atoms with van der Waals surface area (Å²) in [6, 6.07) is 14.4. The lowest BCUT2D eigenvalue weighted by molar-refractivity contribution is 0.166. The third-order valence-corrected chi connectivity index (χ3v) is 8.61. The van der Waals surface area contributed by atoms with Gasteiger partial charge >= 0.3 is 6.03 Å². The van der Waals surface area contributed by atoms with Gasteiger partial charge in [0.25, 0.3) is 0 Å². The van der Waals surface area contributed by atoms with E-state index in [2.05, 4.69) is 41.5 Å². The van der Waals surface area contributed by atoms with Crippen molar-refractivity contribution in [1.82, 2.24) is 15.2 Å². The van der Waals surface area contributed by atoms with Crippen molar-refractivity contribution in [2.24, 2.45) is 5.92 Å². The number of nitrogens with one attached hydrogen (secondary N) is 1. The zero-order valence-electron chi connectivity index (χ0n) is 21.8. The van der Waals surface area contributed by atoms with E-state index >= 15 is 0 Å². The summed E-state index contributed by atoms with van der Waals surface area (Å²) in [4.78, 5) is 20.8. The summed E-state index contributed by atoms with van der Waals surface area (Å²) in [5, 5.41) is 13.8. The summed E-state index contributed by atoms with van der Waals surface area (Å²) < 4.78 is 5.77. The number of nitriles is 1. The van der Waals surface area contributed by atoms with Crippen molar-refractivity contribution in [2.75, 3.05) is 13.1 Å². The average molecular weight is 515 g/mol. The van der Waals surface area contributed by atoms with Gasteiger partial charge in [-0.25, -0.2) is 9.78 Å². The zero-order chi connectivity index (χ0) is 25.9. The minimum atomic E-state index is 0.00599. The number of rotatable bonds is 6. The first-order chi connectivity index (χ1) is 18.0. The van der Waals surface area contributed by atoms with Crippen LogP contribution in [-0.2, 0) is 6.42 Å². The number of fused-ring (bicyclic) bond motifs is 1. The normalized spacial score (nSPS) is 17.5. The number of carbonyl (C=O) groups excluding carboxylic acids is 1. The Kier molecular flexibility index (Phi) is 7.48. The van der Waals surface area contributed by atoms with Crippen LogP contribution >= 0.6 is 11.3 Å². The van der Waals surface area contributed by atoms with Gasteiger partial charge in [0.2, 0.25) is 0 Å². The Morgan fingerprint density at radius 2 is 2.05 bits per heavy atom. The molecule has 5 rings (SSSR count). The zero-order valence-corrected chi connectivity index (χ0v) is 22.6. The minimum Gasteiger partial charge on any atom is -0.490 e. The molecule has 1 N–H and O–H groups in total. The van der Waals surface area contributed by atoms with Crippen LogP contribution in [0.1, 0.15) is 69.2 Å². The Morgan fingerprint density at radius 3 is 2.78 bits per heavy atom. The number of urea groups is 1. The fourth-order valence-electron chi connectivity index (χ4n) is 5.46. The predicted molar refractivity (Wildman–Crippen MR) is 148 cm³/mol. The Bertz CT molecular complexity index is 1320. The van der Waals surface area contributed by atoms with Gasteiger partial charge in [-0.3, -0.25) is 0 Å². The summed E-state index contributed by atoms with van der Waals surface area (Å²) in [5.74, 6) is 1.35. The molecule has 37 heavy (non-hydrogen) atoms. The molecule has 6 nitrogen and oxygen atoms in total. The van der Waals surface area contributed by atoms with Crippen molar-refractivity contribution < 1.29 is 9.53 Å². The van der Waals surface area contributed by atoms with Gasteiger partial charge in [0.15, 0.2) is 0 Å². The highest BCUT2D eigenvalue weighted by molar-refractivity contribution is 7.18. The lowest BCUT2D eigenvalue weighted by Gasteiger charge is -2.32. The van der Waals surface area contributed by atoms with Crippen LogP contribution in [0.15, 0.2) is 42.6 Å². The predicted octanol–water partition coefficient (Wildman–Crippen LogP) is 6.95. The first-order valence-corrected chi connectivity index (χ1v) is 14.1. The summed E-state index contributed by atoms with van der Waals surface area (Å²) >= 11 is 1.63. The number of amides is 2. The fraction of sp³-hybridized carbons (Fsp3) is 0.433. The monoisotopic (exact) mass is 514 g/mol. The molecule has 1 fully saturated rings. The first-order valence-electron chi connectivity index (χ1n) is 13.3. The maximum atomic E-state index is 13.0. The van der Waals surface area contributed by atoms with Crippen LogP contribution < -0.4 is 10.1 Å². The fourth-order valence-corrected chi connectivity index (χ4v) is 6.42. The number of likely N-dealkylation sites (tertiary alicyclic amines) is 1. The van der Waals surface area contributed by atoms with Crippen LogP contribution in [0.4, 0.5) is 4.79 Å². The lowest BCUT2D eigenvalue weighted by atomic mass is 9.95. The quantitative estimate of drug-likeness (QED) is 0.386. The van der Waals surface area contributed by atoms with Crippen LogP contribution in [0.3, 0.4) is 0 Å². The molecule has 2 heterocycles. The second-order valence-corrected chi connectivity index (χ2v) is 11.3. The maximum Gasteiger partial charge on any atom is 0.317 e. The van der Waals surface area contributed by atoms with Crippen molar-refractivity contribution in [3.63, 3.8) is 0 Å². The number of aromatic nitrogens is 1. The molecule has 0 bridgehead atoms. The Balaban J connectivity index is 1.33. The van der Waals surface area contributed by atoms with Gasteiger partial charge in [0.1, 0.15) is 16.8 Å². The van der Waals surface area contributed by atoms with E-state index in [4.69, 9.17) is 4.74 Å². The molecule has 1 saturated heterocycles. The number of nitrogens with zero attached hydrogens (tertiary/aromatic N) is 3. The van der Waals surface area contributed by atoms with Gasteiger partial charge in [0, 0.05) is 24.8 Å². The first kappa shape index (κ1) is 25.3. The SMILES string of the molecule is CCC1CCN(C(=O)N[C@@H]2CCc3c(-c4cnc(-c5ccc(OC(C)C)c(C#N)c5)s4)cccc32)CC1. The molecule has 1 aliphatic heterocycles. The van der Waals surface area contributed by atoms with Gasteiger partial charge in [-0.15, -0.1) is 11.3 Å². The smallest absolute Gasteiger partial charge is 0.317 e. The van der Waals surface area contributed by atoms with Gasteiger partial charge in [-0.2, -0.15) is 5.26 Å². The molecule has 2 aromatic carbocycles. The molecule has 7 heteroatoms. The van der Waals surface area contributed by atoms with Gasteiger partial charge < -0.3 is 15.0 Å². The van der Waals surface area contributed by atoms with Crippen molar-refractivity contribution in [3.05, 3.63) is 59.3 Å². The van der Waals surface area contributed by atoms with Crippen molar-refractivity contribution in [3.8, 4) is 32.8 Å². The highest BCUT2D eigenvalue weighted by atomic mass is 32.1. The van der Waals surface area contributed by atoms with E-state index in [1.165, 1.54) is 23.1 Å². The van der Waals surface area contributed by atoms with Crippen LogP contribution in [0.5, 0.6) is 5.75 Å². The molecule has 0 saturated carbocycles. The summed E-state index contributed by atoms with van der Waals surface area (Å²) in [5.41, 5.74) is 5.12. The van der Waals surface area contributed by atoms with E-state index in [0.29, 0.717) is 11.3 Å². The topological polar surface area (TPSA) is 78.2 Å². The van der Waals surface area contributed by atoms with E-state index < -0.39 is 0 Å². The van der Waals surface area contributed by atoms with Gasteiger partial charge in [-0.1, -0.05) is 31.5 Å². The molecule has 192 valence electrons. The van der Waals surface area contributed by atoms with Crippen molar-refractivity contribution in [1.29, 1.82) is 5.26 Å². The number of carbonyl (C=O) groups is 1. The Hall–Kier alpha value is -3.37. The molecule has 2 amide bonds. The maximum absolute atomic E-state index is 13.0. The van der Waals surface area contributed by atoms with E-state index in [1.54, 1.807) is 11.3 Å². The number of hydrogen-bond donors (Lipinski definition) is 1. The van der Waals surface area contributed by atoms with Crippen molar-refractivity contribution in [2.45, 2.75) is 65.0 Å². The lowest BCUT2D eigenvalue weighted by Crippen LogP contribution is -2.45. The number of thiazole rings is 1. The van der Waals surface area contributed by atoms with E-state index in [1.807, 2.05) is 43.1 Å². The highest BCUT2D eigenvalue weighted by Gasteiger charge is 2.29. The summed E-state index contributed by atoms with van der Waals surface area (Å²) in [6.45, 7) is 7.84. The Labute approximate surface area is 223 Å². The summed E-state index contributed by atoms with van der Waals surface area (Å²) in [6.07, 6.45) is 7.18. The van der Waals surface area contributed by atoms with E-state index in [9.17, 15) is 10.1 Å². The molecule has 0 spiro atoms. The molecule has 0 unspecified atom stereocenters. The second kappa shape index (κ2) is 10.9. The summed E-state index contributed by atoms with van der Waals surface area (Å²) in [7, 11) is 0. The second-order valence-electron chi connectivity index (χ2n) is 10.3. The number of benzene rings is 2. The van der Waals surface area contributed by atoms with Crippen LogP contribution in [0.25, 0.3) is 21.0 Å². The van der Waals surface area contributed by atoms with E-state index in [-0.39, 0.29) is 18.2 Å². The molecule has 1 atom stereocenters. The molecular weight excluding hydrogens is 480 g/mol. The molecular formula is C30H34N4O2S.